The molecule has 0 aliphatic heterocycles. The molecule has 0 saturated heterocycles. The molecule has 0 aliphatic carbocycles. The lowest BCUT2D eigenvalue weighted by atomic mass is 10.2. The number of rotatable bonds is 4. The van der Waals surface area contributed by atoms with Gasteiger partial charge in [0.05, 0.1) is 0 Å². The van der Waals surface area contributed by atoms with E-state index in [2.05, 4.69) is 15.3 Å². The van der Waals surface area contributed by atoms with Gasteiger partial charge in [-0.3, -0.25) is 0 Å². The standard InChI is InChI=1S/C10H15F3N4/c1-6-8(14)16-7(2)17-9(6)15-5-3-4-10(11,12)13/h3-5H2,1-2H3,(H3,14,15,16,17). The van der Waals surface area contributed by atoms with E-state index in [9.17, 15) is 13.2 Å². The fourth-order valence-electron chi connectivity index (χ4n) is 1.32. The molecule has 96 valence electrons. The summed E-state index contributed by atoms with van der Waals surface area (Å²) < 4.78 is 35.7. The number of alkyl halides is 3. The van der Waals surface area contributed by atoms with Crippen LogP contribution in [-0.4, -0.2) is 22.7 Å². The Hall–Kier alpha value is -1.53. The molecular formula is C10H15F3N4. The number of aromatic nitrogens is 2. The summed E-state index contributed by atoms with van der Waals surface area (Å²) in [6.45, 7) is 3.60. The van der Waals surface area contributed by atoms with Gasteiger partial charge in [0.25, 0.3) is 0 Å². The molecule has 0 fully saturated rings. The molecule has 0 atom stereocenters. The van der Waals surface area contributed by atoms with Gasteiger partial charge in [0.2, 0.25) is 0 Å². The van der Waals surface area contributed by atoms with Crippen LogP contribution in [0.15, 0.2) is 0 Å². The topological polar surface area (TPSA) is 63.8 Å². The molecule has 0 amide bonds. The Morgan fingerprint density at radius 1 is 1.24 bits per heavy atom. The molecule has 0 spiro atoms. The summed E-state index contributed by atoms with van der Waals surface area (Å²) in [6, 6.07) is 0. The van der Waals surface area contributed by atoms with Crippen molar-refractivity contribution < 1.29 is 13.2 Å². The number of aryl methyl sites for hydroxylation is 1. The Morgan fingerprint density at radius 3 is 2.47 bits per heavy atom. The fraction of sp³-hybridized carbons (Fsp3) is 0.600. The third-order valence-corrected chi connectivity index (χ3v) is 2.22. The Balaban J connectivity index is 2.52. The molecule has 3 N–H and O–H groups in total. The molecular weight excluding hydrogens is 233 g/mol. The predicted octanol–water partition coefficient (Wildman–Crippen LogP) is 2.43. The summed E-state index contributed by atoms with van der Waals surface area (Å²) in [5.74, 6) is 1.33. The van der Waals surface area contributed by atoms with Crippen LogP contribution in [0.25, 0.3) is 0 Å². The maximum Gasteiger partial charge on any atom is 0.389 e. The zero-order valence-corrected chi connectivity index (χ0v) is 9.73. The Labute approximate surface area is 97.4 Å². The minimum absolute atomic E-state index is 0.00585. The van der Waals surface area contributed by atoms with Gasteiger partial charge >= 0.3 is 6.18 Å². The normalized spacial score (nSPS) is 11.6. The van der Waals surface area contributed by atoms with Gasteiger partial charge in [-0.15, -0.1) is 0 Å². The Morgan fingerprint density at radius 2 is 1.88 bits per heavy atom. The molecule has 1 aromatic heterocycles. The zero-order chi connectivity index (χ0) is 13.1. The maximum absolute atomic E-state index is 11.9. The first-order valence-corrected chi connectivity index (χ1v) is 5.21. The van der Waals surface area contributed by atoms with Crippen LogP contribution in [0.3, 0.4) is 0 Å². The quantitative estimate of drug-likeness (QED) is 0.803. The van der Waals surface area contributed by atoms with Crippen LogP contribution < -0.4 is 11.1 Å². The number of hydrogen-bond donors (Lipinski definition) is 2. The summed E-state index contributed by atoms with van der Waals surface area (Å²) in [5, 5.41) is 2.84. The summed E-state index contributed by atoms with van der Waals surface area (Å²) >= 11 is 0. The third kappa shape index (κ3) is 4.46. The van der Waals surface area contributed by atoms with Crippen molar-refractivity contribution in [3.05, 3.63) is 11.4 Å². The molecule has 0 unspecified atom stereocenters. The number of anilines is 2. The average Bonchev–Trinajstić information content (AvgIpc) is 2.18. The van der Waals surface area contributed by atoms with Gasteiger partial charge in [0.1, 0.15) is 17.5 Å². The molecule has 7 heteroatoms. The number of nitrogen functional groups attached to an aromatic ring is 1. The zero-order valence-electron chi connectivity index (χ0n) is 9.73. The van der Waals surface area contributed by atoms with E-state index in [1.54, 1.807) is 13.8 Å². The van der Waals surface area contributed by atoms with Gasteiger partial charge in [0, 0.05) is 18.5 Å². The summed E-state index contributed by atoms with van der Waals surface area (Å²) in [4.78, 5) is 8.03. The molecule has 0 aliphatic rings. The van der Waals surface area contributed by atoms with Crippen LogP contribution in [-0.2, 0) is 0 Å². The number of hydrogen-bond acceptors (Lipinski definition) is 4. The first-order chi connectivity index (χ1) is 7.79. The highest BCUT2D eigenvalue weighted by molar-refractivity contribution is 5.54. The summed E-state index contributed by atoms with van der Waals surface area (Å²) in [7, 11) is 0. The van der Waals surface area contributed by atoms with Crippen molar-refractivity contribution in [1.29, 1.82) is 0 Å². The fourth-order valence-corrected chi connectivity index (χ4v) is 1.32. The lowest BCUT2D eigenvalue weighted by molar-refractivity contribution is -0.134. The van der Waals surface area contributed by atoms with E-state index in [0.717, 1.165) is 0 Å². The maximum atomic E-state index is 11.9. The van der Waals surface area contributed by atoms with Crippen molar-refractivity contribution in [2.45, 2.75) is 32.9 Å². The van der Waals surface area contributed by atoms with Crippen molar-refractivity contribution >= 4 is 11.6 Å². The highest BCUT2D eigenvalue weighted by Gasteiger charge is 2.25. The SMILES string of the molecule is Cc1nc(N)c(C)c(NCCCC(F)(F)F)n1. The van der Waals surface area contributed by atoms with Crippen LogP contribution >= 0.6 is 0 Å². The van der Waals surface area contributed by atoms with E-state index in [-0.39, 0.29) is 13.0 Å². The van der Waals surface area contributed by atoms with E-state index in [0.29, 0.717) is 23.0 Å². The monoisotopic (exact) mass is 248 g/mol. The third-order valence-electron chi connectivity index (χ3n) is 2.22. The van der Waals surface area contributed by atoms with Crippen molar-refractivity contribution in [3.63, 3.8) is 0 Å². The second-order valence-electron chi connectivity index (χ2n) is 3.78. The van der Waals surface area contributed by atoms with Crippen LogP contribution in [0.4, 0.5) is 24.8 Å². The minimum atomic E-state index is -4.11. The van der Waals surface area contributed by atoms with E-state index in [1.807, 2.05) is 0 Å². The molecule has 1 aromatic rings. The Bertz CT molecular complexity index is 390. The first kappa shape index (κ1) is 13.5. The number of nitrogens with zero attached hydrogens (tertiary/aromatic N) is 2. The molecule has 0 aromatic carbocycles. The van der Waals surface area contributed by atoms with Gasteiger partial charge in [-0.05, 0) is 20.3 Å². The van der Waals surface area contributed by atoms with Gasteiger partial charge in [0.15, 0.2) is 0 Å². The van der Waals surface area contributed by atoms with Crippen molar-refractivity contribution in [2.75, 3.05) is 17.6 Å². The summed E-state index contributed by atoms with van der Waals surface area (Å²) in [5.41, 5.74) is 6.28. The molecule has 1 heterocycles. The van der Waals surface area contributed by atoms with Crippen LogP contribution in [0.5, 0.6) is 0 Å². The highest BCUT2D eigenvalue weighted by Crippen LogP contribution is 2.22. The van der Waals surface area contributed by atoms with Gasteiger partial charge in [-0.2, -0.15) is 13.2 Å². The van der Waals surface area contributed by atoms with Crippen molar-refractivity contribution in [1.82, 2.24) is 9.97 Å². The smallest absolute Gasteiger partial charge is 0.383 e. The van der Waals surface area contributed by atoms with Crippen LogP contribution in [0.2, 0.25) is 0 Å². The van der Waals surface area contributed by atoms with E-state index >= 15 is 0 Å². The molecule has 17 heavy (non-hydrogen) atoms. The minimum Gasteiger partial charge on any atom is -0.383 e. The molecule has 0 radical (unpaired) electrons. The Kier molecular flexibility index (Phi) is 4.14. The second-order valence-corrected chi connectivity index (χ2v) is 3.78. The second kappa shape index (κ2) is 5.20. The van der Waals surface area contributed by atoms with Gasteiger partial charge < -0.3 is 11.1 Å². The van der Waals surface area contributed by atoms with Gasteiger partial charge in [-0.1, -0.05) is 0 Å². The molecule has 4 nitrogen and oxygen atoms in total. The van der Waals surface area contributed by atoms with E-state index in [4.69, 9.17) is 5.73 Å². The van der Waals surface area contributed by atoms with E-state index < -0.39 is 12.6 Å². The molecule has 0 saturated carbocycles. The van der Waals surface area contributed by atoms with Crippen molar-refractivity contribution in [2.24, 2.45) is 0 Å². The first-order valence-electron chi connectivity index (χ1n) is 5.21. The largest absolute Gasteiger partial charge is 0.389 e. The predicted molar refractivity (Wildman–Crippen MR) is 59.7 cm³/mol. The lowest BCUT2D eigenvalue weighted by Gasteiger charge is -2.11. The molecule has 0 bridgehead atoms. The molecule has 1 rings (SSSR count). The number of nitrogens with two attached hydrogens (primary N) is 1. The average molecular weight is 248 g/mol. The van der Waals surface area contributed by atoms with Gasteiger partial charge in [-0.25, -0.2) is 9.97 Å². The number of nitrogens with one attached hydrogen (secondary N) is 1. The van der Waals surface area contributed by atoms with Crippen molar-refractivity contribution in [3.8, 4) is 0 Å². The highest BCUT2D eigenvalue weighted by atomic mass is 19.4. The lowest BCUT2D eigenvalue weighted by Crippen LogP contribution is -2.13. The van der Waals surface area contributed by atoms with Crippen LogP contribution in [0.1, 0.15) is 24.2 Å². The van der Waals surface area contributed by atoms with Crippen LogP contribution in [0, 0.1) is 13.8 Å². The summed E-state index contributed by atoms with van der Waals surface area (Å²) in [6.07, 6.45) is -4.91. The van der Waals surface area contributed by atoms with E-state index in [1.165, 1.54) is 0 Å². The number of halogens is 3.